The van der Waals surface area contributed by atoms with Gasteiger partial charge >= 0.3 is 5.97 Å². The van der Waals surface area contributed by atoms with Gasteiger partial charge in [0, 0.05) is 9.86 Å². The van der Waals surface area contributed by atoms with Crippen LogP contribution < -0.4 is 0 Å². The second kappa shape index (κ2) is 4.22. The monoisotopic (exact) mass is 279 g/mol. The third-order valence-electron chi connectivity index (χ3n) is 2.51. The van der Waals surface area contributed by atoms with E-state index in [-0.39, 0.29) is 0 Å². The summed E-state index contributed by atoms with van der Waals surface area (Å²) in [6.07, 6.45) is 0. The highest BCUT2D eigenvalue weighted by molar-refractivity contribution is 9.10. The van der Waals surface area contributed by atoms with Crippen molar-refractivity contribution < 1.29 is 9.90 Å². The highest BCUT2D eigenvalue weighted by Gasteiger charge is 2.15. The van der Waals surface area contributed by atoms with Gasteiger partial charge in [-0.3, -0.25) is 9.78 Å². The summed E-state index contributed by atoms with van der Waals surface area (Å²) in [7, 11) is 0. The van der Waals surface area contributed by atoms with E-state index in [0.29, 0.717) is 5.69 Å². The first-order valence-electron chi connectivity index (χ1n) is 4.87. The first-order chi connectivity index (χ1) is 7.59. The van der Waals surface area contributed by atoms with Crippen LogP contribution in [-0.2, 0) is 4.79 Å². The molecule has 0 saturated heterocycles. The molecule has 2 rings (SSSR count). The molecular weight excluding hydrogens is 270 g/mol. The molecule has 1 unspecified atom stereocenters. The second-order valence-electron chi connectivity index (χ2n) is 3.61. The van der Waals surface area contributed by atoms with Gasteiger partial charge in [-0.1, -0.05) is 18.2 Å². The van der Waals surface area contributed by atoms with Crippen LogP contribution in [0.3, 0.4) is 0 Å². The molecule has 0 aliphatic carbocycles. The van der Waals surface area contributed by atoms with Crippen molar-refractivity contribution in [3.8, 4) is 0 Å². The van der Waals surface area contributed by atoms with Crippen molar-refractivity contribution in [3.63, 3.8) is 0 Å². The van der Waals surface area contributed by atoms with E-state index in [9.17, 15) is 4.79 Å². The lowest BCUT2D eigenvalue weighted by molar-refractivity contribution is -0.138. The smallest absolute Gasteiger partial charge is 0.312 e. The van der Waals surface area contributed by atoms with Crippen molar-refractivity contribution >= 4 is 32.8 Å². The van der Waals surface area contributed by atoms with Gasteiger partial charge in [0.05, 0.1) is 17.1 Å². The number of nitrogens with zero attached hydrogens (tertiary/aromatic N) is 1. The van der Waals surface area contributed by atoms with E-state index >= 15 is 0 Å². The molecule has 3 nitrogen and oxygen atoms in total. The SMILES string of the molecule is CC(C(=O)O)c1ccc2cccc(Br)c2n1. The fourth-order valence-electron chi connectivity index (χ4n) is 1.49. The molecule has 2 aromatic rings. The molecule has 1 heterocycles. The predicted octanol–water partition coefficient (Wildman–Crippen LogP) is 3.19. The van der Waals surface area contributed by atoms with E-state index in [0.717, 1.165) is 15.4 Å². The van der Waals surface area contributed by atoms with Crippen LogP contribution in [0.4, 0.5) is 0 Å². The van der Waals surface area contributed by atoms with E-state index in [1.165, 1.54) is 0 Å². The Kier molecular flexibility index (Phi) is 2.92. The molecule has 0 amide bonds. The quantitative estimate of drug-likeness (QED) is 0.919. The summed E-state index contributed by atoms with van der Waals surface area (Å²) < 4.78 is 0.879. The number of rotatable bonds is 2. The number of aromatic nitrogens is 1. The Labute approximate surface area is 101 Å². The first-order valence-corrected chi connectivity index (χ1v) is 5.67. The van der Waals surface area contributed by atoms with Crippen LogP contribution in [0.25, 0.3) is 10.9 Å². The highest BCUT2D eigenvalue weighted by Crippen LogP contribution is 2.24. The minimum Gasteiger partial charge on any atom is -0.481 e. The number of aliphatic carboxylic acids is 1. The van der Waals surface area contributed by atoms with Gasteiger partial charge < -0.3 is 5.11 Å². The van der Waals surface area contributed by atoms with E-state index in [1.54, 1.807) is 13.0 Å². The predicted molar refractivity (Wildman–Crippen MR) is 65.5 cm³/mol. The normalized spacial score (nSPS) is 12.6. The zero-order chi connectivity index (χ0) is 11.7. The number of pyridine rings is 1. The molecule has 16 heavy (non-hydrogen) atoms. The van der Waals surface area contributed by atoms with E-state index in [2.05, 4.69) is 20.9 Å². The Morgan fingerprint density at radius 1 is 1.38 bits per heavy atom. The van der Waals surface area contributed by atoms with Gasteiger partial charge in [0.15, 0.2) is 0 Å². The molecule has 1 atom stereocenters. The largest absolute Gasteiger partial charge is 0.481 e. The molecule has 0 bridgehead atoms. The van der Waals surface area contributed by atoms with Crippen molar-refractivity contribution in [2.24, 2.45) is 0 Å². The summed E-state index contributed by atoms with van der Waals surface area (Å²) in [5.74, 6) is -1.45. The molecule has 0 spiro atoms. The number of benzene rings is 1. The number of hydrogen-bond donors (Lipinski definition) is 1. The van der Waals surface area contributed by atoms with Crippen LogP contribution in [0.1, 0.15) is 18.5 Å². The summed E-state index contributed by atoms with van der Waals surface area (Å²) >= 11 is 3.41. The molecule has 1 aromatic heterocycles. The number of fused-ring (bicyclic) bond motifs is 1. The first kappa shape index (κ1) is 11.1. The zero-order valence-corrected chi connectivity index (χ0v) is 10.2. The van der Waals surface area contributed by atoms with Crippen molar-refractivity contribution in [1.29, 1.82) is 0 Å². The Bertz CT molecular complexity index is 554. The minimum absolute atomic E-state index is 0.576. The fraction of sp³-hybridized carbons (Fsp3) is 0.167. The highest BCUT2D eigenvalue weighted by atomic mass is 79.9. The molecule has 0 saturated carbocycles. The molecule has 1 N–H and O–H groups in total. The molecule has 0 aliphatic rings. The number of carboxylic acids is 1. The Morgan fingerprint density at radius 2 is 2.12 bits per heavy atom. The summed E-state index contributed by atoms with van der Waals surface area (Å²) in [4.78, 5) is 15.2. The van der Waals surface area contributed by atoms with Crippen LogP contribution in [0, 0.1) is 0 Å². The molecule has 4 heteroatoms. The number of halogens is 1. The van der Waals surface area contributed by atoms with Crippen LogP contribution >= 0.6 is 15.9 Å². The summed E-state index contributed by atoms with van der Waals surface area (Å²) in [6.45, 7) is 1.63. The van der Waals surface area contributed by atoms with Crippen molar-refractivity contribution in [1.82, 2.24) is 4.98 Å². The molecule has 1 aromatic carbocycles. The van der Waals surface area contributed by atoms with Gasteiger partial charge in [0.2, 0.25) is 0 Å². The molecule has 82 valence electrons. The van der Waals surface area contributed by atoms with Gasteiger partial charge in [-0.05, 0) is 35.0 Å². The lowest BCUT2D eigenvalue weighted by atomic mass is 10.1. The van der Waals surface area contributed by atoms with Crippen LogP contribution in [0.5, 0.6) is 0 Å². The number of carbonyl (C=O) groups is 1. The van der Waals surface area contributed by atoms with Crippen molar-refractivity contribution in [3.05, 3.63) is 40.5 Å². The van der Waals surface area contributed by atoms with Gasteiger partial charge in [-0.2, -0.15) is 0 Å². The standard InChI is InChI=1S/C12H10BrNO2/c1-7(12(15)16)10-6-5-8-3-2-4-9(13)11(8)14-10/h2-7H,1H3,(H,15,16). The van der Waals surface area contributed by atoms with E-state index in [4.69, 9.17) is 5.11 Å². The average molecular weight is 280 g/mol. The number of para-hydroxylation sites is 1. The summed E-state index contributed by atoms with van der Waals surface area (Å²) in [6, 6.07) is 9.41. The third kappa shape index (κ3) is 1.93. The minimum atomic E-state index is -0.862. The Balaban J connectivity index is 2.59. The van der Waals surface area contributed by atoms with Gasteiger partial charge in [-0.15, -0.1) is 0 Å². The van der Waals surface area contributed by atoms with E-state index in [1.807, 2.05) is 24.3 Å². The molecule has 0 radical (unpaired) electrons. The number of carboxylic acid groups (broad SMARTS) is 1. The van der Waals surface area contributed by atoms with Crippen LogP contribution in [0.2, 0.25) is 0 Å². The van der Waals surface area contributed by atoms with Gasteiger partial charge in [0.1, 0.15) is 0 Å². The summed E-state index contributed by atoms with van der Waals surface area (Å²) in [5.41, 5.74) is 1.38. The maximum Gasteiger partial charge on any atom is 0.312 e. The van der Waals surface area contributed by atoms with Gasteiger partial charge in [0.25, 0.3) is 0 Å². The third-order valence-corrected chi connectivity index (χ3v) is 3.15. The zero-order valence-electron chi connectivity index (χ0n) is 8.64. The van der Waals surface area contributed by atoms with Crippen LogP contribution in [0.15, 0.2) is 34.8 Å². The average Bonchev–Trinajstić information content (AvgIpc) is 2.28. The number of hydrogen-bond acceptors (Lipinski definition) is 2. The lowest BCUT2D eigenvalue weighted by Crippen LogP contribution is -2.09. The van der Waals surface area contributed by atoms with Gasteiger partial charge in [-0.25, -0.2) is 0 Å². The van der Waals surface area contributed by atoms with Crippen molar-refractivity contribution in [2.45, 2.75) is 12.8 Å². The second-order valence-corrected chi connectivity index (χ2v) is 4.46. The van der Waals surface area contributed by atoms with Crippen molar-refractivity contribution in [2.75, 3.05) is 0 Å². The maximum absolute atomic E-state index is 10.9. The molecular formula is C12H10BrNO2. The lowest BCUT2D eigenvalue weighted by Gasteiger charge is -2.07. The fourth-order valence-corrected chi connectivity index (χ4v) is 1.96. The van der Waals surface area contributed by atoms with E-state index < -0.39 is 11.9 Å². The Morgan fingerprint density at radius 3 is 2.81 bits per heavy atom. The molecule has 0 aliphatic heterocycles. The Hall–Kier alpha value is -1.42. The molecule has 0 fully saturated rings. The van der Waals surface area contributed by atoms with Crippen LogP contribution in [-0.4, -0.2) is 16.1 Å². The topological polar surface area (TPSA) is 50.2 Å². The maximum atomic E-state index is 10.9. The summed E-state index contributed by atoms with van der Waals surface area (Å²) in [5, 5.41) is 9.92.